The zero-order chi connectivity index (χ0) is 16.4. The Hall–Kier alpha value is -1.81. The van der Waals surface area contributed by atoms with Crippen LogP contribution >= 0.6 is 0 Å². The fraction of sp³-hybridized carbons (Fsp3) is 0.333. The van der Waals surface area contributed by atoms with Gasteiger partial charge in [-0.25, -0.2) is 4.39 Å². The molecule has 4 heteroatoms. The first-order valence-corrected chi connectivity index (χ1v) is 10.4. The van der Waals surface area contributed by atoms with Crippen molar-refractivity contribution in [2.24, 2.45) is 0 Å². The maximum Gasteiger partial charge on any atom is 0.250 e. The van der Waals surface area contributed by atoms with E-state index in [-0.39, 0.29) is 10.9 Å². The summed E-state index contributed by atoms with van der Waals surface area (Å²) in [4.78, 5) is 0. The molecule has 0 bridgehead atoms. The quantitative estimate of drug-likeness (QED) is 0.703. The molecule has 22 heavy (non-hydrogen) atoms. The van der Waals surface area contributed by atoms with Crippen LogP contribution in [0.5, 0.6) is 5.75 Å². The number of halogens is 1. The van der Waals surface area contributed by atoms with E-state index in [2.05, 4.69) is 39.2 Å². The Labute approximate surface area is 133 Å². The summed E-state index contributed by atoms with van der Waals surface area (Å²) in [6, 6.07) is 14.3. The van der Waals surface area contributed by atoms with Crippen LogP contribution in [0.15, 0.2) is 48.5 Å². The summed E-state index contributed by atoms with van der Waals surface area (Å²) in [6.45, 7) is 11.1. The van der Waals surface area contributed by atoms with Crippen molar-refractivity contribution in [3.63, 3.8) is 0 Å². The molecular formula is C18H24FNOSi. The van der Waals surface area contributed by atoms with Crippen molar-refractivity contribution >= 4 is 19.7 Å². The zero-order valence-corrected chi connectivity index (χ0v) is 14.9. The Morgan fingerprint density at radius 1 is 0.955 bits per heavy atom. The van der Waals surface area contributed by atoms with Crippen LogP contribution in [0.25, 0.3) is 0 Å². The molecule has 118 valence electrons. The highest BCUT2D eigenvalue weighted by atomic mass is 28.4. The Bertz CT molecular complexity index is 632. The fourth-order valence-electron chi connectivity index (χ4n) is 1.77. The number of nitrogens with one attached hydrogen (secondary N) is 1. The molecule has 2 aromatic carbocycles. The van der Waals surface area contributed by atoms with Gasteiger partial charge in [0, 0.05) is 5.69 Å². The maximum atomic E-state index is 13.6. The third-order valence-corrected chi connectivity index (χ3v) is 8.54. The van der Waals surface area contributed by atoms with Crippen molar-refractivity contribution in [2.75, 3.05) is 5.32 Å². The van der Waals surface area contributed by atoms with Crippen molar-refractivity contribution in [3.8, 4) is 5.75 Å². The lowest BCUT2D eigenvalue weighted by Crippen LogP contribution is -2.43. The van der Waals surface area contributed by atoms with Gasteiger partial charge in [0.25, 0.3) is 0 Å². The fourth-order valence-corrected chi connectivity index (χ4v) is 2.80. The van der Waals surface area contributed by atoms with E-state index in [9.17, 15) is 4.39 Å². The smallest absolute Gasteiger partial charge is 0.250 e. The number of hydrogen-bond donors (Lipinski definition) is 1. The first-order chi connectivity index (χ1) is 10.2. The lowest BCUT2D eigenvalue weighted by atomic mass is 10.2. The summed E-state index contributed by atoms with van der Waals surface area (Å²) in [5.41, 5.74) is 1.31. The molecule has 0 aliphatic rings. The highest BCUT2D eigenvalue weighted by molar-refractivity contribution is 6.74. The molecule has 2 rings (SSSR count). The molecule has 0 unspecified atom stereocenters. The first-order valence-electron chi connectivity index (χ1n) is 7.50. The van der Waals surface area contributed by atoms with Crippen LogP contribution in [0.1, 0.15) is 20.8 Å². The lowest BCUT2D eigenvalue weighted by Gasteiger charge is -2.36. The molecule has 0 fully saturated rings. The minimum atomic E-state index is -1.83. The van der Waals surface area contributed by atoms with E-state index in [1.807, 2.05) is 24.3 Å². The highest BCUT2D eigenvalue weighted by Gasteiger charge is 2.38. The van der Waals surface area contributed by atoms with Gasteiger partial charge in [0.2, 0.25) is 8.32 Å². The molecular weight excluding hydrogens is 293 g/mol. The van der Waals surface area contributed by atoms with Crippen molar-refractivity contribution in [2.45, 2.75) is 38.9 Å². The summed E-state index contributed by atoms with van der Waals surface area (Å²) in [5.74, 6) is 0.606. The Morgan fingerprint density at radius 3 is 2.09 bits per heavy atom. The number of anilines is 2. The third-order valence-electron chi connectivity index (χ3n) is 4.19. The summed E-state index contributed by atoms with van der Waals surface area (Å²) in [7, 11) is -1.83. The van der Waals surface area contributed by atoms with E-state index >= 15 is 0 Å². The molecule has 0 radical (unpaired) electrons. The van der Waals surface area contributed by atoms with Crippen LogP contribution in [0, 0.1) is 5.82 Å². The molecule has 0 aromatic heterocycles. The van der Waals surface area contributed by atoms with E-state index in [0.29, 0.717) is 5.69 Å². The molecule has 0 aliphatic carbocycles. The van der Waals surface area contributed by atoms with Gasteiger partial charge in [-0.1, -0.05) is 32.9 Å². The maximum absolute atomic E-state index is 13.6. The standard InChI is InChI=1S/C18H24FNOSi/c1-18(2,3)22(4,5)21-15-12-10-14(11-13-15)20-17-9-7-6-8-16(17)19/h6-13,20H,1-5H3. The van der Waals surface area contributed by atoms with Gasteiger partial charge in [-0.15, -0.1) is 0 Å². The van der Waals surface area contributed by atoms with Gasteiger partial charge >= 0.3 is 0 Å². The minimum absolute atomic E-state index is 0.164. The molecule has 0 saturated heterocycles. The van der Waals surface area contributed by atoms with Crippen LogP contribution in [-0.4, -0.2) is 8.32 Å². The van der Waals surface area contributed by atoms with Crippen LogP contribution in [-0.2, 0) is 0 Å². The molecule has 0 amide bonds. The van der Waals surface area contributed by atoms with Crippen LogP contribution in [0.3, 0.4) is 0 Å². The SMILES string of the molecule is CC(C)(C)[Si](C)(C)Oc1ccc(Nc2ccccc2F)cc1. The van der Waals surface area contributed by atoms with E-state index in [1.54, 1.807) is 18.2 Å². The average Bonchev–Trinajstić information content (AvgIpc) is 2.42. The van der Waals surface area contributed by atoms with Gasteiger partial charge in [-0.3, -0.25) is 0 Å². The second kappa shape index (κ2) is 6.13. The van der Waals surface area contributed by atoms with Crippen molar-refractivity contribution in [1.29, 1.82) is 0 Å². The molecule has 0 atom stereocenters. The Balaban J connectivity index is 2.10. The molecule has 1 N–H and O–H groups in total. The molecule has 0 aliphatic heterocycles. The van der Waals surface area contributed by atoms with Gasteiger partial charge in [-0.2, -0.15) is 0 Å². The van der Waals surface area contributed by atoms with Gasteiger partial charge in [0.1, 0.15) is 11.6 Å². The summed E-state index contributed by atoms with van der Waals surface area (Å²) >= 11 is 0. The summed E-state index contributed by atoms with van der Waals surface area (Å²) in [6.07, 6.45) is 0. The van der Waals surface area contributed by atoms with Crippen LogP contribution < -0.4 is 9.74 Å². The van der Waals surface area contributed by atoms with Gasteiger partial charge < -0.3 is 9.74 Å². The van der Waals surface area contributed by atoms with E-state index in [4.69, 9.17) is 4.43 Å². The highest BCUT2D eigenvalue weighted by Crippen LogP contribution is 2.37. The number of rotatable bonds is 4. The average molecular weight is 317 g/mol. The lowest BCUT2D eigenvalue weighted by molar-refractivity contribution is 0.492. The molecule has 0 heterocycles. The normalized spacial score (nSPS) is 12.1. The van der Waals surface area contributed by atoms with Crippen molar-refractivity contribution in [1.82, 2.24) is 0 Å². The number of para-hydroxylation sites is 1. The first kappa shape index (κ1) is 16.6. The summed E-state index contributed by atoms with van der Waals surface area (Å²) in [5, 5.41) is 3.24. The van der Waals surface area contributed by atoms with Crippen LogP contribution in [0.2, 0.25) is 18.1 Å². The van der Waals surface area contributed by atoms with Gasteiger partial charge in [0.05, 0.1) is 5.69 Å². The van der Waals surface area contributed by atoms with E-state index in [0.717, 1.165) is 11.4 Å². The van der Waals surface area contributed by atoms with Gasteiger partial charge in [0.15, 0.2) is 0 Å². The molecule has 2 aromatic rings. The zero-order valence-electron chi connectivity index (χ0n) is 13.9. The summed E-state index contributed by atoms with van der Waals surface area (Å²) < 4.78 is 19.9. The topological polar surface area (TPSA) is 21.3 Å². The predicted octanol–water partition coefficient (Wildman–Crippen LogP) is 5.95. The molecule has 0 saturated carbocycles. The van der Waals surface area contributed by atoms with Crippen LogP contribution in [0.4, 0.5) is 15.8 Å². The van der Waals surface area contributed by atoms with Crippen molar-refractivity contribution in [3.05, 3.63) is 54.3 Å². The Morgan fingerprint density at radius 2 is 1.55 bits per heavy atom. The van der Waals surface area contributed by atoms with Gasteiger partial charge in [-0.05, 0) is 54.5 Å². The third kappa shape index (κ3) is 3.88. The number of hydrogen-bond acceptors (Lipinski definition) is 2. The molecule has 2 nitrogen and oxygen atoms in total. The minimum Gasteiger partial charge on any atom is -0.544 e. The predicted molar refractivity (Wildman–Crippen MR) is 93.9 cm³/mol. The van der Waals surface area contributed by atoms with E-state index < -0.39 is 8.32 Å². The van der Waals surface area contributed by atoms with Crippen molar-refractivity contribution < 1.29 is 8.82 Å². The van der Waals surface area contributed by atoms with E-state index in [1.165, 1.54) is 6.07 Å². The largest absolute Gasteiger partial charge is 0.544 e. The number of benzene rings is 2. The Kier molecular flexibility index (Phi) is 4.61. The second-order valence-electron chi connectivity index (χ2n) is 6.99. The second-order valence-corrected chi connectivity index (χ2v) is 11.7. The monoisotopic (exact) mass is 317 g/mol. The molecule has 0 spiro atoms.